The third-order valence-corrected chi connectivity index (χ3v) is 9.21. The molecule has 4 aromatic rings. The molecule has 1 aromatic carbocycles. The normalized spacial score (nSPS) is 16.7. The van der Waals surface area contributed by atoms with Gasteiger partial charge in [-0.25, -0.2) is 13.4 Å². The fourth-order valence-electron chi connectivity index (χ4n) is 4.04. The van der Waals surface area contributed by atoms with Gasteiger partial charge in [-0.2, -0.15) is 0 Å². The number of piperidine rings is 1. The van der Waals surface area contributed by atoms with Gasteiger partial charge in [0.05, 0.1) is 32.6 Å². The van der Waals surface area contributed by atoms with Crippen molar-refractivity contribution in [2.75, 3.05) is 13.1 Å². The second-order valence-electron chi connectivity index (χ2n) is 8.24. The van der Waals surface area contributed by atoms with E-state index in [1.807, 2.05) is 25.3 Å². The molecule has 1 N–H and O–H groups in total. The average Bonchev–Trinajstić information content (AvgIpc) is 3.49. The molecule has 9 heteroatoms. The van der Waals surface area contributed by atoms with Crippen molar-refractivity contribution in [1.29, 1.82) is 0 Å². The molecule has 170 valence electrons. The Morgan fingerprint density at radius 1 is 1.12 bits per heavy atom. The van der Waals surface area contributed by atoms with Gasteiger partial charge in [-0.3, -0.25) is 4.98 Å². The van der Waals surface area contributed by atoms with E-state index in [-0.39, 0.29) is 5.25 Å². The third kappa shape index (κ3) is 4.23. The first-order chi connectivity index (χ1) is 15.9. The van der Waals surface area contributed by atoms with Crippen LogP contribution in [-0.2, 0) is 9.84 Å². The Morgan fingerprint density at radius 2 is 1.94 bits per heavy atom. The topological polar surface area (TPSA) is 98.0 Å². The second kappa shape index (κ2) is 8.81. The number of aryl methyl sites for hydroxylation is 2. The molecule has 5 rings (SSSR count). The van der Waals surface area contributed by atoms with Crippen molar-refractivity contribution in [3.8, 4) is 33.3 Å². The Bertz CT molecular complexity index is 1390. The van der Waals surface area contributed by atoms with Gasteiger partial charge in [0.1, 0.15) is 11.4 Å². The van der Waals surface area contributed by atoms with Gasteiger partial charge in [-0.15, -0.1) is 11.3 Å². The Hall–Kier alpha value is -2.88. The fraction of sp³-hybridized carbons (Fsp3) is 0.292. The summed E-state index contributed by atoms with van der Waals surface area (Å²) in [4.78, 5) is 10.7. The molecule has 0 aliphatic carbocycles. The van der Waals surface area contributed by atoms with Crippen LogP contribution < -0.4 is 5.32 Å². The van der Waals surface area contributed by atoms with Gasteiger partial charge in [0.2, 0.25) is 0 Å². The van der Waals surface area contributed by atoms with Crippen LogP contribution in [0.3, 0.4) is 0 Å². The van der Waals surface area contributed by atoms with Crippen molar-refractivity contribution in [1.82, 2.24) is 20.4 Å². The van der Waals surface area contributed by atoms with Crippen LogP contribution in [0.1, 0.15) is 24.1 Å². The average molecular weight is 481 g/mol. The van der Waals surface area contributed by atoms with Crippen LogP contribution in [0.25, 0.3) is 33.3 Å². The van der Waals surface area contributed by atoms with E-state index in [4.69, 9.17) is 9.51 Å². The number of nitrogens with one attached hydrogen (secondary N) is 1. The maximum Gasteiger partial charge on any atom is 0.187 e. The molecule has 0 saturated carbocycles. The molecule has 0 bridgehead atoms. The van der Waals surface area contributed by atoms with Crippen molar-refractivity contribution in [2.45, 2.75) is 36.8 Å². The minimum Gasteiger partial charge on any atom is -0.354 e. The van der Waals surface area contributed by atoms with E-state index >= 15 is 0 Å². The van der Waals surface area contributed by atoms with Crippen LogP contribution in [0, 0.1) is 13.8 Å². The highest BCUT2D eigenvalue weighted by atomic mass is 32.2. The maximum absolute atomic E-state index is 13.0. The molecular formula is C24H24N4O3S2. The predicted octanol–water partition coefficient (Wildman–Crippen LogP) is 4.67. The third-order valence-electron chi connectivity index (χ3n) is 5.96. The SMILES string of the molecule is Cc1ccsc1-c1cc(-c2nc(-c3ccc(S(=O)(=O)C4CCCNC4)cc3)cnc2C)on1. The number of rotatable bonds is 5. The second-order valence-corrected chi connectivity index (χ2v) is 11.4. The van der Waals surface area contributed by atoms with Crippen molar-refractivity contribution >= 4 is 21.2 Å². The molecule has 3 aromatic heterocycles. The summed E-state index contributed by atoms with van der Waals surface area (Å²) in [5.41, 5.74) is 4.70. The Labute approximate surface area is 196 Å². The lowest BCUT2D eigenvalue weighted by atomic mass is 10.1. The van der Waals surface area contributed by atoms with Crippen molar-refractivity contribution in [2.24, 2.45) is 0 Å². The van der Waals surface area contributed by atoms with E-state index < -0.39 is 9.84 Å². The number of hydrogen-bond donors (Lipinski definition) is 1. The van der Waals surface area contributed by atoms with E-state index in [0.717, 1.165) is 40.4 Å². The zero-order valence-electron chi connectivity index (χ0n) is 18.4. The summed E-state index contributed by atoms with van der Waals surface area (Å²) >= 11 is 1.62. The lowest BCUT2D eigenvalue weighted by Gasteiger charge is -2.22. The van der Waals surface area contributed by atoms with Gasteiger partial charge in [-0.1, -0.05) is 17.3 Å². The molecular weight excluding hydrogens is 456 g/mol. The smallest absolute Gasteiger partial charge is 0.187 e. The zero-order chi connectivity index (χ0) is 23.0. The summed E-state index contributed by atoms with van der Waals surface area (Å²) in [5.74, 6) is 0.550. The summed E-state index contributed by atoms with van der Waals surface area (Å²) in [6, 6.07) is 10.8. The molecule has 1 saturated heterocycles. The molecule has 7 nitrogen and oxygen atoms in total. The Morgan fingerprint density at radius 3 is 2.64 bits per heavy atom. The number of benzene rings is 1. The van der Waals surface area contributed by atoms with Crippen LogP contribution in [-0.4, -0.2) is 41.9 Å². The minimum absolute atomic E-state index is 0.339. The van der Waals surface area contributed by atoms with E-state index in [2.05, 4.69) is 21.5 Å². The van der Waals surface area contributed by atoms with E-state index in [1.165, 1.54) is 0 Å². The van der Waals surface area contributed by atoms with Crippen molar-refractivity contribution in [3.05, 3.63) is 59.2 Å². The molecule has 1 aliphatic rings. The van der Waals surface area contributed by atoms with E-state index in [9.17, 15) is 8.42 Å². The molecule has 1 fully saturated rings. The highest BCUT2D eigenvalue weighted by Gasteiger charge is 2.28. The number of thiophene rings is 1. The maximum atomic E-state index is 13.0. The quantitative estimate of drug-likeness (QED) is 0.443. The van der Waals surface area contributed by atoms with Gasteiger partial charge in [-0.05, 0) is 62.4 Å². The van der Waals surface area contributed by atoms with Crippen LogP contribution in [0.2, 0.25) is 0 Å². The molecule has 0 spiro atoms. The molecule has 0 amide bonds. The monoisotopic (exact) mass is 480 g/mol. The summed E-state index contributed by atoms with van der Waals surface area (Å²) in [5, 5.41) is 9.04. The van der Waals surface area contributed by atoms with Crippen LogP contribution >= 0.6 is 11.3 Å². The number of nitrogens with zero attached hydrogens (tertiary/aromatic N) is 3. The highest BCUT2D eigenvalue weighted by Crippen LogP contribution is 2.32. The van der Waals surface area contributed by atoms with E-state index in [1.54, 1.807) is 41.8 Å². The van der Waals surface area contributed by atoms with Crippen molar-refractivity contribution < 1.29 is 12.9 Å². The predicted molar refractivity (Wildman–Crippen MR) is 129 cm³/mol. The molecule has 1 atom stereocenters. The largest absolute Gasteiger partial charge is 0.354 e. The summed E-state index contributed by atoms with van der Waals surface area (Å²) in [6.07, 6.45) is 3.25. The van der Waals surface area contributed by atoms with Crippen LogP contribution in [0.5, 0.6) is 0 Å². The van der Waals surface area contributed by atoms with Crippen molar-refractivity contribution in [3.63, 3.8) is 0 Å². The molecule has 4 heterocycles. The number of sulfone groups is 1. The lowest BCUT2D eigenvalue weighted by Crippen LogP contribution is -2.38. The summed E-state index contributed by atoms with van der Waals surface area (Å²) in [7, 11) is -3.36. The first kappa shape index (κ1) is 21.9. The summed E-state index contributed by atoms with van der Waals surface area (Å²) in [6.45, 7) is 5.29. The fourth-order valence-corrected chi connectivity index (χ4v) is 6.64. The highest BCUT2D eigenvalue weighted by molar-refractivity contribution is 7.92. The zero-order valence-corrected chi connectivity index (χ0v) is 20.0. The van der Waals surface area contributed by atoms with Gasteiger partial charge < -0.3 is 9.84 Å². The van der Waals surface area contributed by atoms with Gasteiger partial charge >= 0.3 is 0 Å². The first-order valence-electron chi connectivity index (χ1n) is 10.8. The van der Waals surface area contributed by atoms with Gasteiger partial charge in [0.15, 0.2) is 15.6 Å². The van der Waals surface area contributed by atoms with Gasteiger partial charge in [0.25, 0.3) is 0 Å². The summed E-state index contributed by atoms with van der Waals surface area (Å²) < 4.78 is 31.5. The molecule has 1 unspecified atom stereocenters. The Balaban J connectivity index is 1.44. The van der Waals surface area contributed by atoms with Crippen LogP contribution in [0.4, 0.5) is 0 Å². The molecule has 0 radical (unpaired) electrons. The number of aromatic nitrogens is 3. The Kier molecular flexibility index (Phi) is 5.86. The minimum atomic E-state index is -3.36. The first-order valence-corrected chi connectivity index (χ1v) is 13.3. The van der Waals surface area contributed by atoms with Crippen LogP contribution in [0.15, 0.2) is 57.4 Å². The standard InChI is InChI=1S/C24H24N4O3S2/c1-15-9-11-32-24(15)20-12-22(31-28-20)23-16(2)26-14-21(27-23)17-5-7-18(8-6-17)33(29,30)19-4-3-10-25-13-19/h5-9,11-12,14,19,25H,3-4,10,13H2,1-2H3. The molecule has 1 aliphatic heterocycles. The van der Waals surface area contributed by atoms with E-state index in [0.29, 0.717) is 35.0 Å². The molecule has 33 heavy (non-hydrogen) atoms. The van der Waals surface area contributed by atoms with Gasteiger partial charge in [0, 0.05) is 18.2 Å². The number of hydrogen-bond acceptors (Lipinski definition) is 8. The lowest BCUT2D eigenvalue weighted by molar-refractivity contribution is 0.433.